The number of rotatable bonds is 2. The number of carbonyl (C=O) groups is 1. The fraction of sp³-hybridized carbons (Fsp3) is 0.438. The molecule has 5 nitrogen and oxygen atoms in total. The summed E-state index contributed by atoms with van der Waals surface area (Å²) in [6.07, 6.45) is 2.13. The molecule has 2 heterocycles. The molecule has 0 aliphatic carbocycles. The van der Waals surface area contributed by atoms with Crippen LogP contribution in [0.5, 0.6) is 0 Å². The third-order valence-electron chi connectivity index (χ3n) is 4.04. The molecular formula is C16H20N4O. The van der Waals surface area contributed by atoms with Crippen molar-refractivity contribution in [2.45, 2.75) is 26.7 Å². The van der Waals surface area contributed by atoms with Crippen LogP contribution in [0.15, 0.2) is 30.3 Å². The topological polar surface area (TPSA) is 51.0 Å². The van der Waals surface area contributed by atoms with Crippen LogP contribution in [0.3, 0.4) is 0 Å². The predicted octanol–water partition coefficient (Wildman–Crippen LogP) is 2.45. The van der Waals surface area contributed by atoms with Crippen LogP contribution in [0.4, 0.5) is 0 Å². The van der Waals surface area contributed by atoms with Crippen molar-refractivity contribution in [2.24, 2.45) is 5.92 Å². The second-order valence-electron chi connectivity index (χ2n) is 5.73. The van der Waals surface area contributed by atoms with Crippen LogP contribution in [0, 0.1) is 12.8 Å². The molecule has 0 N–H and O–H groups in total. The number of benzene rings is 1. The van der Waals surface area contributed by atoms with Crippen molar-refractivity contribution in [1.29, 1.82) is 0 Å². The molecule has 1 aliphatic heterocycles. The van der Waals surface area contributed by atoms with Crippen molar-refractivity contribution in [1.82, 2.24) is 19.9 Å². The first-order valence-corrected chi connectivity index (χ1v) is 7.44. The molecule has 110 valence electrons. The van der Waals surface area contributed by atoms with Crippen LogP contribution in [-0.2, 0) is 0 Å². The minimum Gasteiger partial charge on any atom is -0.337 e. The van der Waals surface area contributed by atoms with E-state index in [1.54, 1.807) is 0 Å². The van der Waals surface area contributed by atoms with Crippen molar-refractivity contribution in [3.8, 4) is 5.69 Å². The van der Waals surface area contributed by atoms with Crippen molar-refractivity contribution in [2.75, 3.05) is 13.1 Å². The molecule has 0 spiro atoms. The Morgan fingerprint density at radius 3 is 2.48 bits per heavy atom. The third kappa shape index (κ3) is 2.82. The molecule has 2 aromatic rings. The minimum absolute atomic E-state index is 0.00146. The summed E-state index contributed by atoms with van der Waals surface area (Å²) in [6.45, 7) is 5.71. The molecule has 1 saturated heterocycles. The van der Waals surface area contributed by atoms with E-state index in [0.717, 1.165) is 31.6 Å². The van der Waals surface area contributed by atoms with E-state index in [9.17, 15) is 4.79 Å². The first-order chi connectivity index (χ1) is 10.1. The fourth-order valence-corrected chi connectivity index (χ4v) is 2.61. The van der Waals surface area contributed by atoms with Crippen LogP contribution in [-0.4, -0.2) is 38.9 Å². The Labute approximate surface area is 124 Å². The molecule has 1 fully saturated rings. The summed E-state index contributed by atoms with van der Waals surface area (Å²) in [4.78, 5) is 16.0. The van der Waals surface area contributed by atoms with Gasteiger partial charge < -0.3 is 4.90 Å². The molecule has 21 heavy (non-hydrogen) atoms. The minimum atomic E-state index is 0.00146. The molecular weight excluding hydrogens is 264 g/mol. The highest BCUT2D eigenvalue weighted by molar-refractivity contribution is 5.93. The number of piperidine rings is 1. The summed E-state index contributed by atoms with van der Waals surface area (Å²) in [5, 5.41) is 8.76. The highest BCUT2D eigenvalue weighted by atomic mass is 16.2. The van der Waals surface area contributed by atoms with Crippen LogP contribution >= 0.6 is 0 Å². The van der Waals surface area contributed by atoms with Gasteiger partial charge in [-0.15, -0.1) is 5.10 Å². The summed E-state index contributed by atoms with van der Waals surface area (Å²) in [6, 6.07) is 9.66. The van der Waals surface area contributed by atoms with E-state index in [0.29, 0.717) is 17.3 Å². The van der Waals surface area contributed by atoms with Gasteiger partial charge in [0.25, 0.3) is 5.91 Å². The van der Waals surface area contributed by atoms with E-state index in [1.165, 1.54) is 4.80 Å². The SMILES string of the molecule is Cc1nn(-c2ccccc2)nc1C(=O)N1CCC(C)CC1. The van der Waals surface area contributed by atoms with Gasteiger partial charge >= 0.3 is 0 Å². The number of nitrogens with zero attached hydrogens (tertiary/aromatic N) is 4. The maximum absolute atomic E-state index is 12.6. The van der Waals surface area contributed by atoms with Gasteiger partial charge in [-0.1, -0.05) is 25.1 Å². The molecule has 0 unspecified atom stereocenters. The highest BCUT2D eigenvalue weighted by Gasteiger charge is 2.25. The van der Waals surface area contributed by atoms with Gasteiger partial charge in [-0.25, -0.2) is 0 Å². The summed E-state index contributed by atoms with van der Waals surface area (Å²) in [5.41, 5.74) is 2.02. The van der Waals surface area contributed by atoms with Gasteiger partial charge in [-0.3, -0.25) is 4.79 Å². The van der Waals surface area contributed by atoms with Crippen molar-refractivity contribution in [3.63, 3.8) is 0 Å². The van der Waals surface area contributed by atoms with Gasteiger partial charge in [-0.2, -0.15) is 9.90 Å². The van der Waals surface area contributed by atoms with Gasteiger partial charge in [0.05, 0.1) is 11.4 Å². The number of aryl methyl sites for hydroxylation is 1. The zero-order chi connectivity index (χ0) is 14.8. The average Bonchev–Trinajstić information content (AvgIpc) is 2.90. The Balaban J connectivity index is 1.83. The highest BCUT2D eigenvalue weighted by Crippen LogP contribution is 2.18. The summed E-state index contributed by atoms with van der Waals surface area (Å²) < 4.78 is 0. The lowest BCUT2D eigenvalue weighted by Crippen LogP contribution is -2.38. The molecule has 0 atom stereocenters. The monoisotopic (exact) mass is 284 g/mol. The maximum atomic E-state index is 12.6. The lowest BCUT2D eigenvalue weighted by Gasteiger charge is -2.29. The first kappa shape index (κ1) is 13.8. The largest absolute Gasteiger partial charge is 0.337 e. The number of likely N-dealkylation sites (tertiary alicyclic amines) is 1. The van der Waals surface area contributed by atoms with E-state index in [2.05, 4.69) is 17.1 Å². The molecule has 1 aromatic carbocycles. The average molecular weight is 284 g/mol. The number of para-hydroxylation sites is 1. The van der Waals surface area contributed by atoms with Crippen LogP contribution in [0.2, 0.25) is 0 Å². The Hall–Kier alpha value is -2.17. The van der Waals surface area contributed by atoms with Crippen molar-refractivity contribution < 1.29 is 4.79 Å². The van der Waals surface area contributed by atoms with E-state index in [4.69, 9.17) is 0 Å². The molecule has 1 amide bonds. The zero-order valence-electron chi connectivity index (χ0n) is 12.5. The first-order valence-electron chi connectivity index (χ1n) is 7.44. The number of hydrogen-bond donors (Lipinski definition) is 0. The van der Waals surface area contributed by atoms with Crippen molar-refractivity contribution >= 4 is 5.91 Å². The van der Waals surface area contributed by atoms with Crippen LogP contribution in [0.1, 0.15) is 35.9 Å². The van der Waals surface area contributed by atoms with Gasteiger partial charge in [0.2, 0.25) is 0 Å². The Morgan fingerprint density at radius 1 is 1.14 bits per heavy atom. The Kier molecular flexibility index (Phi) is 3.73. The lowest BCUT2D eigenvalue weighted by atomic mass is 9.99. The van der Waals surface area contributed by atoms with Gasteiger partial charge in [-0.05, 0) is 37.8 Å². The van der Waals surface area contributed by atoms with Crippen LogP contribution < -0.4 is 0 Å². The van der Waals surface area contributed by atoms with Crippen LogP contribution in [0.25, 0.3) is 5.69 Å². The standard InChI is InChI=1S/C16H20N4O/c1-12-8-10-19(11-9-12)16(21)15-13(2)17-20(18-15)14-6-4-3-5-7-14/h3-7,12H,8-11H2,1-2H3. The number of aromatic nitrogens is 3. The zero-order valence-corrected chi connectivity index (χ0v) is 12.5. The fourth-order valence-electron chi connectivity index (χ4n) is 2.61. The predicted molar refractivity (Wildman–Crippen MR) is 80.4 cm³/mol. The lowest BCUT2D eigenvalue weighted by molar-refractivity contribution is 0.0690. The van der Waals surface area contributed by atoms with Gasteiger partial charge in [0.1, 0.15) is 0 Å². The summed E-state index contributed by atoms with van der Waals surface area (Å²) >= 11 is 0. The Bertz CT molecular complexity index is 627. The van der Waals surface area contributed by atoms with E-state index < -0.39 is 0 Å². The molecule has 5 heteroatoms. The normalized spacial score (nSPS) is 16.2. The molecule has 0 saturated carbocycles. The smallest absolute Gasteiger partial charge is 0.276 e. The third-order valence-corrected chi connectivity index (χ3v) is 4.04. The van der Waals surface area contributed by atoms with Gasteiger partial charge in [0, 0.05) is 13.1 Å². The molecule has 1 aromatic heterocycles. The molecule has 0 bridgehead atoms. The number of amides is 1. The molecule has 3 rings (SSSR count). The maximum Gasteiger partial charge on any atom is 0.276 e. The number of hydrogen-bond acceptors (Lipinski definition) is 3. The number of carbonyl (C=O) groups excluding carboxylic acids is 1. The Morgan fingerprint density at radius 2 is 1.81 bits per heavy atom. The van der Waals surface area contributed by atoms with E-state index in [-0.39, 0.29) is 5.91 Å². The van der Waals surface area contributed by atoms with E-state index >= 15 is 0 Å². The quantitative estimate of drug-likeness (QED) is 0.851. The summed E-state index contributed by atoms with van der Waals surface area (Å²) in [7, 11) is 0. The molecule has 1 aliphatic rings. The van der Waals surface area contributed by atoms with Gasteiger partial charge in [0.15, 0.2) is 5.69 Å². The second kappa shape index (κ2) is 5.68. The van der Waals surface area contributed by atoms with Crippen molar-refractivity contribution in [3.05, 3.63) is 41.7 Å². The van der Waals surface area contributed by atoms with E-state index in [1.807, 2.05) is 42.2 Å². The summed E-state index contributed by atoms with van der Waals surface area (Å²) in [5.74, 6) is 0.705. The molecule has 0 radical (unpaired) electrons. The second-order valence-corrected chi connectivity index (χ2v) is 5.73.